The van der Waals surface area contributed by atoms with Crippen molar-refractivity contribution in [3.05, 3.63) is 18.2 Å². The molecule has 1 aromatic rings. The van der Waals surface area contributed by atoms with E-state index in [0.29, 0.717) is 30.4 Å². The Hall–Kier alpha value is -2.20. The summed E-state index contributed by atoms with van der Waals surface area (Å²) in [6, 6.07) is 3.88. The number of carbonyl (C=O) groups excluding carboxylic acids is 1. The first-order valence-corrected chi connectivity index (χ1v) is 8.41. The molecule has 1 aromatic carbocycles. The summed E-state index contributed by atoms with van der Waals surface area (Å²) in [5, 5.41) is 11.7. The van der Waals surface area contributed by atoms with Crippen LogP contribution in [0.15, 0.2) is 18.2 Å². The number of amides is 1. The van der Waals surface area contributed by atoms with Crippen LogP contribution in [0.4, 0.5) is 18.9 Å². The highest BCUT2D eigenvalue weighted by molar-refractivity contribution is 5.95. The smallest absolute Gasteiger partial charge is 0.393 e. The topological polar surface area (TPSA) is 88.1 Å². The third-order valence-corrected chi connectivity index (χ3v) is 4.82. The van der Waals surface area contributed by atoms with Gasteiger partial charge < -0.3 is 19.9 Å². The van der Waals surface area contributed by atoms with Crippen molar-refractivity contribution in [3.8, 4) is 11.5 Å². The van der Waals surface area contributed by atoms with Crippen molar-refractivity contribution in [2.75, 3.05) is 31.6 Å². The number of halogens is 4. The van der Waals surface area contributed by atoms with E-state index in [4.69, 9.17) is 14.6 Å². The lowest BCUT2D eigenvalue weighted by Crippen LogP contribution is -2.41. The number of fused-ring (bicyclic) bond motifs is 1. The fraction of sp³-hybridized carbons (Fsp3) is 0.529. The van der Waals surface area contributed by atoms with Crippen molar-refractivity contribution in [1.82, 2.24) is 4.90 Å². The molecule has 156 valence electrons. The fourth-order valence-electron chi connectivity index (χ4n) is 3.27. The molecule has 2 aliphatic rings. The summed E-state index contributed by atoms with van der Waals surface area (Å²) in [5.74, 6) is -4.62. The van der Waals surface area contributed by atoms with E-state index in [2.05, 4.69) is 5.32 Å². The summed E-state index contributed by atoms with van der Waals surface area (Å²) in [6.45, 7) is 1.39. The molecule has 1 saturated heterocycles. The van der Waals surface area contributed by atoms with Gasteiger partial charge in [-0.3, -0.25) is 14.5 Å². The monoisotopic (exact) mass is 424 g/mol. The predicted octanol–water partition coefficient (Wildman–Crippen LogP) is 2.40. The molecule has 1 unspecified atom stereocenters. The number of carbonyl (C=O) groups is 2. The molecular weight excluding hydrogens is 405 g/mol. The second kappa shape index (κ2) is 8.44. The number of benzene rings is 1. The number of nitrogens with one attached hydrogen (secondary N) is 1. The number of likely N-dealkylation sites (tertiary alicyclic amines) is 1. The van der Waals surface area contributed by atoms with E-state index in [1.165, 1.54) is 11.8 Å². The Morgan fingerprint density at radius 2 is 1.86 bits per heavy atom. The highest BCUT2D eigenvalue weighted by Crippen LogP contribution is 2.38. The summed E-state index contributed by atoms with van der Waals surface area (Å²) in [7, 11) is 0. The largest absolute Gasteiger partial charge is 0.486 e. The molecule has 3 atom stereocenters. The molecular formula is C17H20ClF3N2O5. The van der Waals surface area contributed by atoms with Crippen molar-refractivity contribution in [1.29, 1.82) is 0 Å². The van der Waals surface area contributed by atoms with Crippen LogP contribution >= 0.6 is 12.4 Å². The Labute approximate surface area is 165 Å². The third kappa shape index (κ3) is 4.61. The lowest BCUT2D eigenvalue weighted by Gasteiger charge is -2.24. The van der Waals surface area contributed by atoms with Crippen LogP contribution in [0.3, 0.4) is 0 Å². The third-order valence-electron chi connectivity index (χ3n) is 4.82. The van der Waals surface area contributed by atoms with Crippen LogP contribution in [0, 0.1) is 11.8 Å². The van der Waals surface area contributed by atoms with Gasteiger partial charge in [0.15, 0.2) is 11.5 Å². The number of anilines is 1. The number of carboxylic acid groups (broad SMARTS) is 1. The zero-order valence-electron chi connectivity index (χ0n) is 14.9. The number of rotatable bonds is 4. The van der Waals surface area contributed by atoms with Crippen molar-refractivity contribution < 1.29 is 37.3 Å². The molecule has 0 saturated carbocycles. The van der Waals surface area contributed by atoms with Crippen molar-refractivity contribution >= 4 is 30.0 Å². The molecule has 0 spiro atoms. The van der Waals surface area contributed by atoms with E-state index < -0.39 is 42.5 Å². The Kier molecular flexibility index (Phi) is 6.66. The average molecular weight is 425 g/mol. The predicted molar refractivity (Wildman–Crippen MR) is 95.0 cm³/mol. The van der Waals surface area contributed by atoms with Gasteiger partial charge in [-0.1, -0.05) is 0 Å². The second-order valence-corrected chi connectivity index (χ2v) is 6.57. The molecule has 2 heterocycles. The minimum atomic E-state index is -4.64. The van der Waals surface area contributed by atoms with Gasteiger partial charge in [-0.25, -0.2) is 0 Å². The molecule has 28 heavy (non-hydrogen) atoms. The molecule has 0 bridgehead atoms. The summed E-state index contributed by atoms with van der Waals surface area (Å²) in [5.41, 5.74) is 0.414. The van der Waals surface area contributed by atoms with Gasteiger partial charge in [-0.2, -0.15) is 13.2 Å². The normalized spacial score (nSPS) is 22.9. The number of hydrogen-bond acceptors (Lipinski definition) is 5. The molecule has 1 fully saturated rings. The Morgan fingerprint density at radius 3 is 2.43 bits per heavy atom. The number of aliphatic carboxylic acids is 1. The molecule has 3 rings (SSSR count). The van der Waals surface area contributed by atoms with Gasteiger partial charge >= 0.3 is 12.1 Å². The lowest BCUT2D eigenvalue weighted by molar-refractivity contribution is -0.188. The number of nitrogens with zero attached hydrogens (tertiary/aromatic N) is 1. The zero-order valence-corrected chi connectivity index (χ0v) is 15.7. The van der Waals surface area contributed by atoms with E-state index in [0.717, 1.165) is 0 Å². The molecule has 11 heteroatoms. The maximum atomic E-state index is 13.1. The van der Waals surface area contributed by atoms with Crippen LogP contribution in [0.25, 0.3) is 0 Å². The van der Waals surface area contributed by atoms with Crippen LogP contribution in [0.2, 0.25) is 0 Å². The van der Waals surface area contributed by atoms with Crippen molar-refractivity contribution in [3.63, 3.8) is 0 Å². The molecule has 2 N–H and O–H groups in total. The number of carboxylic acids is 1. The Balaban J connectivity index is 0.00000280. The van der Waals surface area contributed by atoms with Gasteiger partial charge in [0.05, 0.1) is 17.9 Å². The minimum Gasteiger partial charge on any atom is -0.486 e. The van der Waals surface area contributed by atoms with E-state index in [1.54, 1.807) is 18.2 Å². The average Bonchev–Trinajstić information content (AvgIpc) is 3.07. The Morgan fingerprint density at radius 1 is 1.21 bits per heavy atom. The summed E-state index contributed by atoms with van der Waals surface area (Å²) in [6.07, 6.45) is -4.64. The van der Waals surface area contributed by atoms with Gasteiger partial charge in [0.1, 0.15) is 13.2 Å². The van der Waals surface area contributed by atoms with E-state index >= 15 is 0 Å². The molecule has 2 aliphatic heterocycles. The highest BCUT2D eigenvalue weighted by atomic mass is 35.5. The van der Waals surface area contributed by atoms with Gasteiger partial charge in [-0.05, 0) is 19.1 Å². The van der Waals surface area contributed by atoms with Gasteiger partial charge in [0, 0.05) is 24.8 Å². The maximum absolute atomic E-state index is 13.1. The van der Waals surface area contributed by atoms with Crippen molar-refractivity contribution in [2.24, 2.45) is 11.8 Å². The highest BCUT2D eigenvalue weighted by Gasteiger charge is 2.53. The molecule has 7 nitrogen and oxygen atoms in total. The minimum absolute atomic E-state index is 0. The standard InChI is InChI=1S/C17H19F3N2O5.ClH/c1-9(22-7-11(16(24)25)12(8-22)17(18,19)20)15(23)21-10-2-3-13-14(6-10)27-5-4-26-13;/h2-3,6,9,11-12H,4-5,7-8H2,1H3,(H,21,23)(H,24,25);1H/t9?,11-,12-;/m1./s1. The maximum Gasteiger partial charge on any atom is 0.393 e. The summed E-state index contributed by atoms with van der Waals surface area (Å²) < 4.78 is 50.1. The van der Waals surface area contributed by atoms with Crippen LogP contribution in [-0.2, 0) is 9.59 Å². The first-order chi connectivity index (χ1) is 12.7. The quantitative estimate of drug-likeness (QED) is 0.771. The van der Waals surface area contributed by atoms with E-state index in [9.17, 15) is 22.8 Å². The summed E-state index contributed by atoms with van der Waals surface area (Å²) >= 11 is 0. The Bertz CT molecular complexity index is 746. The molecule has 0 radical (unpaired) electrons. The lowest BCUT2D eigenvalue weighted by atomic mass is 9.96. The number of ether oxygens (including phenoxy) is 2. The van der Waals surface area contributed by atoms with Gasteiger partial charge in [0.2, 0.25) is 5.91 Å². The molecule has 0 aliphatic carbocycles. The van der Waals surface area contributed by atoms with Gasteiger partial charge in [0.25, 0.3) is 0 Å². The molecule has 0 aromatic heterocycles. The van der Waals surface area contributed by atoms with Crippen LogP contribution in [-0.4, -0.2) is 60.4 Å². The molecule has 1 amide bonds. The fourth-order valence-corrected chi connectivity index (χ4v) is 3.27. The van der Waals surface area contributed by atoms with Crippen LogP contribution in [0.1, 0.15) is 6.92 Å². The van der Waals surface area contributed by atoms with E-state index in [-0.39, 0.29) is 19.0 Å². The number of hydrogen-bond donors (Lipinski definition) is 2. The van der Waals surface area contributed by atoms with Gasteiger partial charge in [-0.15, -0.1) is 12.4 Å². The van der Waals surface area contributed by atoms with Crippen molar-refractivity contribution in [2.45, 2.75) is 19.1 Å². The number of alkyl halides is 3. The SMILES string of the molecule is CC(C(=O)Nc1ccc2c(c1)OCCO2)N1C[C@@H](C(F)(F)F)[C@H](C(=O)O)C1.Cl. The first-order valence-electron chi connectivity index (χ1n) is 8.41. The van der Waals surface area contributed by atoms with E-state index in [1.807, 2.05) is 0 Å². The first kappa shape index (κ1) is 22.1. The van der Waals surface area contributed by atoms with Crippen LogP contribution in [0.5, 0.6) is 11.5 Å². The summed E-state index contributed by atoms with van der Waals surface area (Å²) in [4.78, 5) is 24.9. The zero-order chi connectivity index (χ0) is 19.8. The van der Waals surface area contributed by atoms with Crippen LogP contribution < -0.4 is 14.8 Å². The second-order valence-electron chi connectivity index (χ2n) is 6.57.